The van der Waals surface area contributed by atoms with Gasteiger partial charge >= 0.3 is 0 Å². The lowest BCUT2D eigenvalue weighted by molar-refractivity contribution is 0.147. The van der Waals surface area contributed by atoms with Crippen LogP contribution in [0, 0.1) is 5.92 Å². The monoisotopic (exact) mass is 292 g/mol. The minimum Gasteiger partial charge on any atom is -0.494 e. The van der Waals surface area contributed by atoms with E-state index in [1.54, 1.807) is 0 Å². The van der Waals surface area contributed by atoms with Crippen LogP contribution in [-0.2, 0) is 9.84 Å². The Kier molecular flexibility index (Phi) is 5.29. The van der Waals surface area contributed by atoms with E-state index < -0.39 is 21.8 Å². The molecule has 0 fully saturated rings. The van der Waals surface area contributed by atoms with Crippen molar-refractivity contribution in [2.75, 3.05) is 12.9 Å². The molecule has 0 heterocycles. The number of halogens is 2. The third-order valence-corrected chi connectivity index (χ3v) is 3.75. The van der Waals surface area contributed by atoms with Crippen LogP contribution in [0.1, 0.15) is 32.3 Å². The molecule has 0 aromatic heterocycles. The van der Waals surface area contributed by atoms with E-state index in [1.165, 1.54) is 12.1 Å². The number of sulfone groups is 1. The average Bonchev–Trinajstić information content (AvgIpc) is 2.26. The summed E-state index contributed by atoms with van der Waals surface area (Å²) >= 11 is 0. The highest BCUT2D eigenvalue weighted by Gasteiger charge is 2.20. The van der Waals surface area contributed by atoms with E-state index in [2.05, 4.69) is 0 Å². The molecule has 1 rings (SSSR count). The van der Waals surface area contributed by atoms with Crippen molar-refractivity contribution in [2.45, 2.75) is 31.6 Å². The molecule has 0 amide bonds. The van der Waals surface area contributed by atoms with Crippen molar-refractivity contribution in [2.24, 2.45) is 5.92 Å². The van der Waals surface area contributed by atoms with Crippen LogP contribution in [0.4, 0.5) is 8.78 Å². The zero-order chi connectivity index (χ0) is 14.6. The molecule has 108 valence electrons. The van der Waals surface area contributed by atoms with Crippen molar-refractivity contribution in [3.8, 4) is 5.75 Å². The van der Waals surface area contributed by atoms with Crippen LogP contribution in [0.3, 0.4) is 0 Å². The second kappa shape index (κ2) is 6.32. The van der Waals surface area contributed by atoms with Gasteiger partial charge in [0.1, 0.15) is 5.75 Å². The minimum absolute atomic E-state index is 0.267. The molecule has 0 aliphatic rings. The van der Waals surface area contributed by atoms with Crippen LogP contribution in [-0.4, -0.2) is 21.3 Å². The van der Waals surface area contributed by atoms with Gasteiger partial charge in [0, 0.05) is 11.8 Å². The molecule has 0 saturated carbocycles. The Labute approximate surface area is 112 Å². The second-order valence-corrected chi connectivity index (χ2v) is 6.79. The first-order chi connectivity index (χ1) is 8.71. The first-order valence-corrected chi connectivity index (χ1v) is 7.86. The summed E-state index contributed by atoms with van der Waals surface area (Å²) in [6, 6.07) is 3.67. The number of benzene rings is 1. The van der Waals surface area contributed by atoms with Gasteiger partial charge in [0.25, 0.3) is 6.43 Å². The molecule has 0 N–H and O–H groups in total. The van der Waals surface area contributed by atoms with Crippen molar-refractivity contribution < 1.29 is 21.9 Å². The van der Waals surface area contributed by atoms with Crippen molar-refractivity contribution >= 4 is 9.84 Å². The Balaban J connectivity index is 2.97. The highest BCUT2D eigenvalue weighted by Crippen LogP contribution is 2.30. The molecule has 19 heavy (non-hydrogen) atoms. The highest BCUT2D eigenvalue weighted by atomic mass is 32.2. The van der Waals surface area contributed by atoms with Crippen molar-refractivity contribution in [1.29, 1.82) is 0 Å². The van der Waals surface area contributed by atoms with Gasteiger partial charge in [0.2, 0.25) is 0 Å². The lowest BCUT2D eigenvalue weighted by Crippen LogP contribution is -2.05. The number of hydrogen-bond donors (Lipinski definition) is 0. The summed E-state index contributed by atoms with van der Waals surface area (Å²) in [4.78, 5) is -0.348. The molecule has 0 saturated heterocycles. The van der Waals surface area contributed by atoms with Crippen molar-refractivity contribution in [3.05, 3.63) is 23.8 Å². The molecule has 0 spiro atoms. The van der Waals surface area contributed by atoms with Gasteiger partial charge in [-0.15, -0.1) is 0 Å². The van der Waals surface area contributed by atoms with Gasteiger partial charge in [-0.25, -0.2) is 17.2 Å². The minimum atomic E-state index is -3.66. The predicted octanol–water partition coefficient (Wildman–Crippen LogP) is 3.45. The average molecular weight is 292 g/mol. The molecule has 0 unspecified atom stereocenters. The SMILES string of the molecule is CC(C)CCOc1ccc(S(C)(=O)=O)c(C(F)F)c1. The zero-order valence-corrected chi connectivity index (χ0v) is 12.0. The lowest BCUT2D eigenvalue weighted by atomic mass is 10.1. The van der Waals surface area contributed by atoms with Gasteiger partial charge < -0.3 is 4.74 Å². The van der Waals surface area contributed by atoms with E-state index in [1.807, 2.05) is 13.8 Å². The molecule has 0 atom stereocenters. The van der Waals surface area contributed by atoms with Gasteiger partial charge in [0.15, 0.2) is 9.84 Å². The zero-order valence-electron chi connectivity index (χ0n) is 11.2. The Morgan fingerprint density at radius 3 is 2.37 bits per heavy atom. The normalized spacial score (nSPS) is 12.2. The van der Waals surface area contributed by atoms with E-state index in [4.69, 9.17) is 4.74 Å². The lowest BCUT2D eigenvalue weighted by Gasteiger charge is -2.12. The van der Waals surface area contributed by atoms with Gasteiger partial charge in [-0.1, -0.05) is 13.8 Å². The second-order valence-electron chi connectivity index (χ2n) is 4.80. The Bertz CT molecular complexity index is 525. The standard InChI is InChI=1S/C13H18F2O3S/c1-9(2)6-7-18-10-4-5-12(19(3,16)17)11(8-10)13(14)15/h4-5,8-9,13H,6-7H2,1-3H3. The maximum Gasteiger partial charge on any atom is 0.265 e. The Hall–Kier alpha value is -1.17. The van der Waals surface area contributed by atoms with E-state index in [-0.39, 0.29) is 10.6 Å². The fraction of sp³-hybridized carbons (Fsp3) is 0.538. The fourth-order valence-electron chi connectivity index (χ4n) is 1.54. The van der Waals surface area contributed by atoms with E-state index >= 15 is 0 Å². The van der Waals surface area contributed by atoms with Crippen LogP contribution in [0.25, 0.3) is 0 Å². The van der Waals surface area contributed by atoms with Gasteiger partial charge in [0.05, 0.1) is 11.5 Å². The maximum absolute atomic E-state index is 12.9. The summed E-state index contributed by atoms with van der Waals surface area (Å²) in [7, 11) is -3.66. The summed E-state index contributed by atoms with van der Waals surface area (Å²) < 4.78 is 53.9. The summed E-state index contributed by atoms with van der Waals surface area (Å²) in [5, 5.41) is 0. The smallest absolute Gasteiger partial charge is 0.265 e. The highest BCUT2D eigenvalue weighted by molar-refractivity contribution is 7.90. The van der Waals surface area contributed by atoms with Crippen LogP contribution >= 0.6 is 0 Å². The molecule has 0 aliphatic heterocycles. The molecule has 0 bridgehead atoms. The molecule has 0 aliphatic carbocycles. The summed E-state index contributed by atoms with van der Waals surface area (Å²) in [6.07, 6.45) is -1.14. The first-order valence-electron chi connectivity index (χ1n) is 5.96. The Morgan fingerprint density at radius 1 is 1.26 bits per heavy atom. The summed E-state index contributed by atoms with van der Waals surface area (Å²) in [5.41, 5.74) is -0.510. The van der Waals surface area contributed by atoms with Gasteiger partial charge in [-0.3, -0.25) is 0 Å². The first kappa shape index (κ1) is 15.9. The summed E-state index contributed by atoms with van der Waals surface area (Å²) in [6.45, 7) is 4.47. The van der Waals surface area contributed by atoms with E-state index in [0.717, 1.165) is 18.7 Å². The maximum atomic E-state index is 12.9. The van der Waals surface area contributed by atoms with Crippen LogP contribution in [0.5, 0.6) is 5.75 Å². The quantitative estimate of drug-likeness (QED) is 0.806. The molecule has 1 aromatic carbocycles. The fourth-order valence-corrected chi connectivity index (χ4v) is 2.43. The number of alkyl halides is 2. The molecule has 3 nitrogen and oxygen atoms in total. The van der Waals surface area contributed by atoms with E-state index in [9.17, 15) is 17.2 Å². The summed E-state index contributed by atoms with van der Waals surface area (Å²) in [5.74, 6) is 0.716. The number of hydrogen-bond acceptors (Lipinski definition) is 3. The molecule has 0 radical (unpaired) electrons. The molecular formula is C13H18F2O3S. The third kappa shape index (κ3) is 4.78. The molecule has 1 aromatic rings. The largest absolute Gasteiger partial charge is 0.494 e. The predicted molar refractivity (Wildman–Crippen MR) is 69.5 cm³/mol. The van der Waals surface area contributed by atoms with Gasteiger partial charge in [-0.2, -0.15) is 0 Å². The third-order valence-electron chi connectivity index (χ3n) is 2.58. The van der Waals surface area contributed by atoms with Crippen molar-refractivity contribution in [3.63, 3.8) is 0 Å². The number of ether oxygens (including phenoxy) is 1. The van der Waals surface area contributed by atoms with Crippen LogP contribution in [0.15, 0.2) is 23.1 Å². The van der Waals surface area contributed by atoms with E-state index in [0.29, 0.717) is 12.5 Å². The van der Waals surface area contributed by atoms with Crippen molar-refractivity contribution in [1.82, 2.24) is 0 Å². The topological polar surface area (TPSA) is 43.4 Å². The Morgan fingerprint density at radius 2 is 1.89 bits per heavy atom. The molecule has 6 heteroatoms. The number of rotatable bonds is 6. The molecular weight excluding hydrogens is 274 g/mol. The van der Waals surface area contributed by atoms with Gasteiger partial charge in [-0.05, 0) is 30.5 Å². The van der Waals surface area contributed by atoms with Crippen LogP contribution < -0.4 is 4.74 Å². The van der Waals surface area contributed by atoms with Crippen LogP contribution in [0.2, 0.25) is 0 Å².